The number of nitroso groups, excluding NO2 is 1. The van der Waals surface area contributed by atoms with Crippen molar-refractivity contribution in [2.75, 3.05) is 27.6 Å². The van der Waals surface area contributed by atoms with Gasteiger partial charge in [-0.25, -0.2) is 9.42 Å². The molecule has 1 N–H and O–H groups in total. The number of aromatic nitrogens is 2. The molecule has 5 atom stereocenters. The molecule has 2 rings (SSSR count). The van der Waals surface area contributed by atoms with E-state index in [1.165, 1.54) is 11.3 Å². The van der Waals surface area contributed by atoms with Gasteiger partial charge in [0.1, 0.15) is 18.7 Å². The van der Waals surface area contributed by atoms with Crippen LogP contribution in [0.3, 0.4) is 0 Å². The van der Waals surface area contributed by atoms with Gasteiger partial charge in [0.05, 0.1) is 0 Å². The maximum absolute atomic E-state index is 12.0. The number of aromatic amines is 1. The fourth-order valence-electron chi connectivity index (χ4n) is 2.26. The molecule has 0 saturated carbocycles. The molecule has 28 heavy (non-hydrogen) atoms. The zero-order valence-electron chi connectivity index (χ0n) is 15.2. The Kier molecular flexibility index (Phi) is 8.37. The molecular formula is C12H20N4O9P2S. The average Bonchev–Trinajstić information content (AvgIpc) is 3.01. The lowest BCUT2D eigenvalue weighted by Gasteiger charge is -2.21. The first-order valence-corrected chi connectivity index (χ1v) is 12.0. The molecule has 1 aliphatic rings. The Bertz CT molecular complexity index is 875. The molecule has 1 aromatic rings. The second-order valence-corrected chi connectivity index (χ2v) is 9.70. The highest BCUT2D eigenvalue weighted by Crippen LogP contribution is 2.48. The Morgan fingerprint density at radius 3 is 2.79 bits per heavy atom. The summed E-state index contributed by atoms with van der Waals surface area (Å²) >= 11 is 5.15. The van der Waals surface area contributed by atoms with E-state index < -0.39 is 50.9 Å². The van der Waals surface area contributed by atoms with Crippen LogP contribution < -0.4 is 11.2 Å². The normalized spacial score (nSPS) is 25.5. The zero-order chi connectivity index (χ0) is 20.9. The topological polar surface area (TPSA) is 151 Å². The van der Waals surface area contributed by atoms with Crippen LogP contribution in [-0.2, 0) is 39.5 Å². The molecule has 0 aliphatic carbocycles. The Hall–Kier alpha value is -1.08. The molecule has 0 amide bonds. The number of nitrogens with one attached hydrogen (secondary N) is 1. The fourth-order valence-corrected chi connectivity index (χ4v) is 4.43. The maximum atomic E-state index is 12.0. The molecular weight excluding hydrogens is 438 g/mol. The van der Waals surface area contributed by atoms with Crippen molar-refractivity contribution in [3.05, 3.63) is 38.0 Å². The van der Waals surface area contributed by atoms with Crippen molar-refractivity contribution >= 4 is 26.5 Å². The summed E-state index contributed by atoms with van der Waals surface area (Å²) in [6.45, 7) is 0. The zero-order valence-corrected chi connectivity index (χ0v) is 17.9. The van der Waals surface area contributed by atoms with Crippen LogP contribution in [0.2, 0.25) is 0 Å². The van der Waals surface area contributed by atoms with Crippen molar-refractivity contribution in [1.82, 2.24) is 14.6 Å². The van der Waals surface area contributed by atoms with Gasteiger partial charge in [0.15, 0.2) is 13.4 Å². The first-order chi connectivity index (χ1) is 13.2. The van der Waals surface area contributed by atoms with Gasteiger partial charge in [0, 0.05) is 44.8 Å². The van der Waals surface area contributed by atoms with E-state index in [4.69, 9.17) is 30.4 Å². The Morgan fingerprint density at radius 2 is 2.21 bits per heavy atom. The van der Waals surface area contributed by atoms with Gasteiger partial charge in [0.25, 0.3) is 5.56 Å². The molecule has 158 valence electrons. The van der Waals surface area contributed by atoms with E-state index in [0.717, 1.165) is 17.7 Å². The van der Waals surface area contributed by atoms with Crippen molar-refractivity contribution < 1.29 is 27.7 Å². The van der Waals surface area contributed by atoms with E-state index in [2.05, 4.69) is 14.5 Å². The van der Waals surface area contributed by atoms with Crippen molar-refractivity contribution in [3.8, 4) is 0 Å². The average molecular weight is 458 g/mol. The molecule has 0 aromatic carbocycles. The van der Waals surface area contributed by atoms with Crippen molar-refractivity contribution in [3.63, 3.8) is 0 Å². The maximum Gasteiger partial charge on any atom is 0.377 e. The minimum absolute atomic E-state index is 0.115. The van der Waals surface area contributed by atoms with Gasteiger partial charge in [0.2, 0.25) is 0 Å². The molecule has 1 saturated heterocycles. The second-order valence-electron chi connectivity index (χ2n) is 5.72. The highest BCUT2D eigenvalue weighted by molar-refractivity contribution is 8.00. The quantitative estimate of drug-likeness (QED) is 0.300. The van der Waals surface area contributed by atoms with Gasteiger partial charge in [-0.05, 0) is 11.8 Å². The van der Waals surface area contributed by atoms with Gasteiger partial charge in [-0.3, -0.25) is 18.9 Å². The lowest BCUT2D eigenvalue weighted by Crippen LogP contribution is -2.31. The van der Waals surface area contributed by atoms with E-state index in [0.29, 0.717) is 0 Å². The molecule has 13 nitrogen and oxygen atoms in total. The number of H-pyrrole nitrogens is 1. The van der Waals surface area contributed by atoms with E-state index in [1.54, 1.807) is 14.1 Å². The Labute approximate surface area is 164 Å². The van der Waals surface area contributed by atoms with E-state index >= 15 is 0 Å². The smallest absolute Gasteiger partial charge is 0.338 e. The first kappa shape index (κ1) is 23.2. The molecule has 2 unspecified atom stereocenters. The minimum atomic E-state index is -3.89. The summed E-state index contributed by atoms with van der Waals surface area (Å²) in [7, 11) is -1.73. The fraction of sp³-hybridized carbons (Fsp3) is 0.667. The Balaban J connectivity index is 2.18. The minimum Gasteiger partial charge on any atom is -0.338 e. The van der Waals surface area contributed by atoms with Gasteiger partial charge in [-0.1, -0.05) is 0 Å². The molecule has 1 fully saturated rings. The summed E-state index contributed by atoms with van der Waals surface area (Å²) in [4.78, 5) is 38.5. The van der Waals surface area contributed by atoms with Crippen LogP contribution in [0.4, 0.5) is 0 Å². The van der Waals surface area contributed by atoms with Crippen LogP contribution in [0.15, 0.2) is 26.8 Å². The SMILES string of the molecule is COP(=O)(CO[C@H]1O[C@@H](n2ccc(=O)[nH]c2=O)C[C@@H]1O[PH](=S)ON(C)C)N=O. The van der Waals surface area contributed by atoms with Gasteiger partial charge >= 0.3 is 13.2 Å². The molecule has 2 heterocycles. The molecule has 0 bridgehead atoms. The third-order valence-electron chi connectivity index (χ3n) is 3.51. The summed E-state index contributed by atoms with van der Waals surface area (Å²) in [5.74, 6) is 0. The number of nitrogens with zero attached hydrogens (tertiary/aromatic N) is 3. The van der Waals surface area contributed by atoms with E-state index in [9.17, 15) is 19.1 Å². The summed E-state index contributed by atoms with van der Waals surface area (Å²) in [5.41, 5.74) is -1.25. The summed E-state index contributed by atoms with van der Waals surface area (Å²) < 4.78 is 39.6. The predicted octanol–water partition coefficient (Wildman–Crippen LogP) is 0.746. The van der Waals surface area contributed by atoms with Crippen LogP contribution in [0.1, 0.15) is 12.6 Å². The Morgan fingerprint density at radius 1 is 1.50 bits per heavy atom. The lowest BCUT2D eigenvalue weighted by molar-refractivity contribution is -0.164. The van der Waals surface area contributed by atoms with E-state index in [1.807, 2.05) is 0 Å². The number of hydrogen-bond donors (Lipinski definition) is 1. The van der Waals surface area contributed by atoms with Crippen LogP contribution in [0.5, 0.6) is 0 Å². The van der Waals surface area contributed by atoms with Crippen LogP contribution in [0.25, 0.3) is 0 Å². The molecule has 16 heteroatoms. The van der Waals surface area contributed by atoms with Crippen molar-refractivity contribution in [2.45, 2.75) is 25.0 Å². The number of ether oxygens (including phenoxy) is 2. The summed E-state index contributed by atoms with van der Waals surface area (Å²) in [5, 5.41) is 1.38. The molecule has 0 spiro atoms. The standard InChI is InChI=1S/C12H20N4O9P2S/c1-15(2)25-26(28)24-8-6-10(16-5-4-9(17)13-12(16)18)23-11(8)22-7-27(20,14-19)21-3/h4-5,8,10-11,26H,6-7H2,1-3H3,(H,13,17,18)/t8-,10+,11-,27?/m0/s1. The third-order valence-corrected chi connectivity index (χ3v) is 6.32. The monoisotopic (exact) mass is 458 g/mol. The predicted molar refractivity (Wildman–Crippen MR) is 102 cm³/mol. The summed E-state index contributed by atoms with van der Waals surface area (Å²) in [6, 6.07) is 1.15. The lowest BCUT2D eigenvalue weighted by atomic mass is 10.2. The van der Waals surface area contributed by atoms with Crippen LogP contribution in [0, 0.1) is 4.91 Å². The number of rotatable bonds is 10. The van der Waals surface area contributed by atoms with Crippen LogP contribution in [-0.4, -0.2) is 54.6 Å². The van der Waals surface area contributed by atoms with Crippen molar-refractivity contribution in [1.29, 1.82) is 0 Å². The first-order valence-electron chi connectivity index (χ1n) is 7.81. The van der Waals surface area contributed by atoms with Gasteiger partial charge in [-0.2, -0.15) is 5.06 Å². The highest BCUT2D eigenvalue weighted by Gasteiger charge is 2.41. The highest BCUT2D eigenvalue weighted by atomic mass is 32.4. The van der Waals surface area contributed by atoms with Gasteiger partial charge in [-0.15, -0.1) is 4.91 Å². The number of hydroxylamine groups is 2. The van der Waals surface area contributed by atoms with Gasteiger partial charge < -0.3 is 18.5 Å². The van der Waals surface area contributed by atoms with Crippen molar-refractivity contribution in [2.24, 2.45) is 4.95 Å². The molecule has 1 aliphatic heterocycles. The second kappa shape index (κ2) is 10.1. The molecule has 1 aromatic heterocycles. The molecule has 0 radical (unpaired) electrons. The van der Waals surface area contributed by atoms with Crippen LogP contribution >= 0.6 is 14.7 Å². The largest absolute Gasteiger partial charge is 0.377 e. The van der Waals surface area contributed by atoms with E-state index in [-0.39, 0.29) is 6.42 Å². The number of hydrogen-bond acceptors (Lipinski definition) is 11. The summed E-state index contributed by atoms with van der Waals surface area (Å²) in [6.07, 6.45) is -2.08. The third kappa shape index (κ3) is 6.21.